The molecule has 0 aromatic rings. The van der Waals surface area contributed by atoms with Crippen molar-refractivity contribution in [1.29, 1.82) is 0 Å². The Balaban J connectivity index is 5.21. The van der Waals surface area contributed by atoms with E-state index in [-0.39, 0.29) is 25.7 Å². The molecule has 588 valence electrons. The van der Waals surface area contributed by atoms with Crippen LogP contribution in [0.5, 0.6) is 0 Å². The maximum Gasteiger partial charge on any atom is 0.472 e. The Hall–Kier alpha value is -1.94. The highest BCUT2D eigenvalue weighted by molar-refractivity contribution is 7.47. The second-order valence-electron chi connectivity index (χ2n) is 30.2. The molecular formula is C80H156O17P2. The molecule has 0 rings (SSSR count). The first kappa shape index (κ1) is 97.1. The third-order valence-electron chi connectivity index (χ3n) is 19.3. The number of carbonyl (C=O) groups is 4. The highest BCUT2D eigenvalue weighted by Gasteiger charge is 2.30. The van der Waals surface area contributed by atoms with Crippen LogP contribution in [0.25, 0.3) is 0 Å². The summed E-state index contributed by atoms with van der Waals surface area (Å²) in [5, 5.41) is 10.6. The zero-order valence-electron chi connectivity index (χ0n) is 65.1. The van der Waals surface area contributed by atoms with Crippen molar-refractivity contribution in [2.24, 2.45) is 23.7 Å². The molecule has 99 heavy (non-hydrogen) atoms. The van der Waals surface area contributed by atoms with E-state index in [9.17, 15) is 43.2 Å². The minimum Gasteiger partial charge on any atom is -0.462 e. The summed E-state index contributed by atoms with van der Waals surface area (Å²) in [7, 11) is -9.92. The number of phosphoric acid groups is 2. The zero-order valence-corrected chi connectivity index (χ0v) is 66.9. The highest BCUT2D eigenvalue weighted by Crippen LogP contribution is 2.45. The Morgan fingerprint density at radius 2 is 0.485 bits per heavy atom. The summed E-state index contributed by atoms with van der Waals surface area (Å²) in [5.41, 5.74) is 0. The van der Waals surface area contributed by atoms with Crippen molar-refractivity contribution in [3.05, 3.63) is 0 Å². The minimum absolute atomic E-state index is 0.106. The molecule has 0 aromatic carbocycles. The number of aliphatic hydroxyl groups excluding tert-OH is 1. The van der Waals surface area contributed by atoms with Crippen molar-refractivity contribution in [1.82, 2.24) is 0 Å². The number of esters is 4. The second kappa shape index (κ2) is 69.1. The molecule has 0 amide bonds. The minimum atomic E-state index is -4.96. The molecule has 3 N–H and O–H groups in total. The quantitative estimate of drug-likeness (QED) is 0.0222. The van der Waals surface area contributed by atoms with E-state index in [1.54, 1.807) is 0 Å². The lowest BCUT2D eigenvalue weighted by molar-refractivity contribution is -0.161. The topological polar surface area (TPSA) is 237 Å². The summed E-state index contributed by atoms with van der Waals surface area (Å²) < 4.78 is 68.7. The van der Waals surface area contributed by atoms with Crippen LogP contribution in [-0.4, -0.2) is 96.7 Å². The van der Waals surface area contributed by atoms with Crippen LogP contribution in [0, 0.1) is 23.7 Å². The van der Waals surface area contributed by atoms with E-state index in [4.69, 9.17) is 37.0 Å². The monoisotopic (exact) mass is 1450 g/mol. The fraction of sp³-hybridized carbons (Fsp3) is 0.950. The van der Waals surface area contributed by atoms with Crippen molar-refractivity contribution in [3.8, 4) is 0 Å². The number of phosphoric ester groups is 2. The van der Waals surface area contributed by atoms with Gasteiger partial charge in [0, 0.05) is 25.7 Å². The Bertz CT molecular complexity index is 1940. The largest absolute Gasteiger partial charge is 0.472 e. The Morgan fingerprint density at radius 3 is 0.717 bits per heavy atom. The van der Waals surface area contributed by atoms with Crippen LogP contribution < -0.4 is 0 Å². The molecule has 0 aromatic heterocycles. The fourth-order valence-electron chi connectivity index (χ4n) is 12.2. The van der Waals surface area contributed by atoms with Gasteiger partial charge in [-0.15, -0.1) is 0 Å². The molecule has 4 unspecified atom stereocenters. The van der Waals surface area contributed by atoms with Gasteiger partial charge in [-0.3, -0.25) is 37.3 Å². The van der Waals surface area contributed by atoms with E-state index in [2.05, 4.69) is 55.4 Å². The van der Waals surface area contributed by atoms with Crippen LogP contribution in [-0.2, 0) is 65.4 Å². The predicted octanol–water partition coefficient (Wildman–Crippen LogP) is 23.6. The standard InChI is InChI=1S/C80H156O17P2/c1-9-72(7)58-50-42-34-30-31-35-44-52-60-77(82)90-66-75(96-79(84)63-55-47-37-29-25-21-17-19-23-27-33-41-49-57-71(5)6)68-94-98(86,87)92-64-74(81)65-93-99(88,89)95-69-76(67-91-78(83)61-53-45-39-38-43-51-59-73(8)10-2)97-80(85)62-54-46-36-28-24-20-16-14-12-11-13-15-18-22-26-32-40-48-56-70(3)4/h70-76,81H,9-69H2,1-8H3,(H,86,87)(H,88,89)/t72?,73?,74-,75-,76-/m1/s1. The van der Waals surface area contributed by atoms with Gasteiger partial charge in [-0.2, -0.15) is 0 Å². The predicted molar refractivity (Wildman–Crippen MR) is 404 cm³/mol. The van der Waals surface area contributed by atoms with Crippen molar-refractivity contribution >= 4 is 39.5 Å². The lowest BCUT2D eigenvalue weighted by atomic mass is 9.99. The first-order valence-electron chi connectivity index (χ1n) is 41.3. The maximum atomic E-state index is 13.1. The molecule has 0 heterocycles. The smallest absolute Gasteiger partial charge is 0.462 e. The molecule has 0 saturated carbocycles. The van der Waals surface area contributed by atoms with Gasteiger partial charge in [0.25, 0.3) is 0 Å². The summed E-state index contributed by atoms with van der Waals surface area (Å²) in [6.07, 6.45) is 55.5. The number of rotatable bonds is 77. The van der Waals surface area contributed by atoms with E-state index in [0.29, 0.717) is 25.7 Å². The van der Waals surface area contributed by atoms with Gasteiger partial charge in [-0.25, -0.2) is 9.13 Å². The Kier molecular flexibility index (Phi) is 67.8. The van der Waals surface area contributed by atoms with E-state index in [1.165, 1.54) is 205 Å². The van der Waals surface area contributed by atoms with Crippen LogP contribution in [0.3, 0.4) is 0 Å². The normalized spacial score (nSPS) is 14.6. The third-order valence-corrected chi connectivity index (χ3v) is 21.2. The van der Waals surface area contributed by atoms with Gasteiger partial charge >= 0.3 is 39.5 Å². The first-order chi connectivity index (χ1) is 47.7. The van der Waals surface area contributed by atoms with Crippen molar-refractivity contribution in [3.63, 3.8) is 0 Å². The number of ether oxygens (including phenoxy) is 4. The highest BCUT2D eigenvalue weighted by atomic mass is 31.2. The van der Waals surface area contributed by atoms with Crippen molar-refractivity contribution < 1.29 is 80.2 Å². The summed E-state index contributed by atoms with van der Waals surface area (Å²) in [5.74, 6) is 0.998. The summed E-state index contributed by atoms with van der Waals surface area (Å²) >= 11 is 0. The van der Waals surface area contributed by atoms with Gasteiger partial charge < -0.3 is 33.8 Å². The van der Waals surface area contributed by atoms with E-state index in [0.717, 1.165) is 120 Å². The lowest BCUT2D eigenvalue weighted by Crippen LogP contribution is -2.30. The van der Waals surface area contributed by atoms with Gasteiger partial charge in [0.2, 0.25) is 0 Å². The molecule has 0 saturated heterocycles. The van der Waals surface area contributed by atoms with Gasteiger partial charge in [0.1, 0.15) is 19.3 Å². The second-order valence-corrected chi connectivity index (χ2v) is 33.1. The molecule has 0 aliphatic carbocycles. The van der Waals surface area contributed by atoms with Crippen LogP contribution in [0.1, 0.15) is 409 Å². The van der Waals surface area contributed by atoms with E-state index in [1.807, 2.05) is 0 Å². The van der Waals surface area contributed by atoms with Crippen LogP contribution in [0.2, 0.25) is 0 Å². The van der Waals surface area contributed by atoms with Crippen LogP contribution >= 0.6 is 15.6 Å². The van der Waals surface area contributed by atoms with Gasteiger partial charge in [0.15, 0.2) is 12.2 Å². The third kappa shape index (κ3) is 71.5. The number of carbonyl (C=O) groups excluding carboxylic acids is 4. The number of hydrogen-bond acceptors (Lipinski definition) is 15. The van der Waals surface area contributed by atoms with Gasteiger partial charge in [-0.1, -0.05) is 357 Å². The fourth-order valence-corrected chi connectivity index (χ4v) is 13.8. The number of aliphatic hydroxyl groups is 1. The van der Waals surface area contributed by atoms with Crippen LogP contribution in [0.4, 0.5) is 0 Å². The molecule has 0 bridgehead atoms. The van der Waals surface area contributed by atoms with Crippen molar-refractivity contribution in [2.45, 2.75) is 427 Å². The van der Waals surface area contributed by atoms with Gasteiger partial charge in [-0.05, 0) is 49.4 Å². The molecular weight excluding hydrogens is 1290 g/mol. The average Bonchev–Trinajstić information content (AvgIpc) is 0.953. The number of hydrogen-bond donors (Lipinski definition) is 3. The first-order valence-corrected chi connectivity index (χ1v) is 44.3. The molecule has 0 aliphatic heterocycles. The van der Waals surface area contributed by atoms with Crippen LogP contribution in [0.15, 0.2) is 0 Å². The molecule has 0 fully saturated rings. The molecule has 19 heteroatoms. The van der Waals surface area contributed by atoms with Gasteiger partial charge in [0.05, 0.1) is 26.4 Å². The maximum absolute atomic E-state index is 13.1. The number of unbranched alkanes of at least 4 members (excludes halogenated alkanes) is 41. The summed E-state index contributed by atoms with van der Waals surface area (Å²) in [6.45, 7) is 14.2. The lowest BCUT2D eigenvalue weighted by Gasteiger charge is -2.21. The zero-order chi connectivity index (χ0) is 73.1. The van der Waals surface area contributed by atoms with Crippen molar-refractivity contribution in [2.75, 3.05) is 39.6 Å². The summed E-state index contributed by atoms with van der Waals surface area (Å²) in [6, 6.07) is 0. The molecule has 0 spiro atoms. The molecule has 0 aliphatic rings. The van der Waals surface area contributed by atoms with E-state index >= 15 is 0 Å². The SMILES string of the molecule is CCC(C)CCCCCCCCCCC(=O)OC[C@H](COP(=O)(O)OC[C@@H](O)COP(=O)(O)OC[C@@H](COC(=O)CCCCCCCCC(C)CC)OC(=O)CCCCCCCCCCCCCCCCCCCCC(C)C)OC(=O)CCCCCCCCCCCCCCCC(C)C. The Morgan fingerprint density at radius 1 is 0.283 bits per heavy atom. The van der Waals surface area contributed by atoms with E-state index < -0.39 is 97.5 Å². The average molecular weight is 1450 g/mol. The molecule has 0 radical (unpaired) electrons. The Labute approximate surface area is 607 Å². The molecule has 17 nitrogen and oxygen atoms in total. The summed E-state index contributed by atoms with van der Waals surface area (Å²) in [4.78, 5) is 73.0. The molecule has 7 atom stereocenters.